The van der Waals surface area contributed by atoms with Gasteiger partial charge < -0.3 is 4.90 Å². The Kier molecular flexibility index (Phi) is 6.94. The summed E-state index contributed by atoms with van der Waals surface area (Å²) < 4.78 is 0. The van der Waals surface area contributed by atoms with Gasteiger partial charge in [-0.1, -0.05) is 53.0 Å². The lowest BCUT2D eigenvalue weighted by atomic mass is 9.95. The van der Waals surface area contributed by atoms with Gasteiger partial charge in [0.25, 0.3) is 5.91 Å². The molecule has 0 bridgehead atoms. The molecule has 28 heavy (non-hydrogen) atoms. The standard InChI is InChI=1S/C20H18Cl3N3O2/c21-15-5-6-16(18(23)11-15)20(28)26-9-7-13(8-10-26)19(27)25-24-12-14-3-1-2-4-17(14)22/h1-6,11-13H,7-10H2,(H,25,27)/b24-12-. The number of amides is 2. The molecule has 0 radical (unpaired) electrons. The van der Waals surface area contributed by atoms with Crippen molar-refractivity contribution in [3.8, 4) is 0 Å². The zero-order valence-electron chi connectivity index (χ0n) is 14.9. The van der Waals surface area contributed by atoms with Crippen molar-refractivity contribution >= 4 is 52.8 Å². The molecule has 0 atom stereocenters. The van der Waals surface area contributed by atoms with Gasteiger partial charge in [0.1, 0.15) is 0 Å². The molecular formula is C20H18Cl3N3O2. The molecule has 1 N–H and O–H groups in total. The number of nitrogens with zero attached hydrogens (tertiary/aromatic N) is 2. The van der Waals surface area contributed by atoms with Gasteiger partial charge in [-0.25, -0.2) is 5.43 Å². The maximum absolute atomic E-state index is 12.6. The summed E-state index contributed by atoms with van der Waals surface area (Å²) in [7, 11) is 0. The predicted molar refractivity (Wildman–Crippen MR) is 112 cm³/mol. The van der Waals surface area contributed by atoms with Crippen molar-refractivity contribution in [2.24, 2.45) is 11.0 Å². The SMILES string of the molecule is O=C(N/N=C\c1ccccc1Cl)C1CCN(C(=O)c2ccc(Cl)cc2Cl)CC1. The highest BCUT2D eigenvalue weighted by Gasteiger charge is 2.28. The quantitative estimate of drug-likeness (QED) is 0.558. The molecule has 0 aromatic heterocycles. The number of nitrogens with one attached hydrogen (secondary N) is 1. The minimum absolute atomic E-state index is 0.155. The second-order valence-electron chi connectivity index (χ2n) is 6.45. The zero-order valence-corrected chi connectivity index (χ0v) is 17.1. The van der Waals surface area contributed by atoms with Crippen LogP contribution >= 0.6 is 34.8 Å². The van der Waals surface area contributed by atoms with Crippen LogP contribution in [0, 0.1) is 5.92 Å². The third-order valence-corrected chi connectivity index (χ3v) is 5.49. The average molecular weight is 439 g/mol. The molecule has 2 aromatic rings. The Bertz CT molecular complexity index is 909. The maximum atomic E-state index is 12.6. The molecule has 3 rings (SSSR count). The summed E-state index contributed by atoms with van der Waals surface area (Å²) in [5, 5.41) is 5.35. The Hall–Kier alpha value is -2.08. The van der Waals surface area contributed by atoms with Gasteiger partial charge in [-0.15, -0.1) is 0 Å². The van der Waals surface area contributed by atoms with E-state index in [1.807, 2.05) is 18.2 Å². The number of benzene rings is 2. The van der Waals surface area contributed by atoms with Crippen LogP contribution in [0.3, 0.4) is 0 Å². The first-order valence-corrected chi connectivity index (χ1v) is 9.91. The summed E-state index contributed by atoms with van der Waals surface area (Å²) in [6.45, 7) is 0.953. The normalized spacial score (nSPS) is 15.0. The van der Waals surface area contributed by atoms with E-state index in [1.54, 1.807) is 29.2 Å². The number of rotatable bonds is 4. The van der Waals surface area contributed by atoms with Crippen LogP contribution < -0.4 is 5.43 Å². The summed E-state index contributed by atoms with van der Waals surface area (Å²) in [6.07, 6.45) is 2.64. The van der Waals surface area contributed by atoms with E-state index in [1.165, 1.54) is 6.21 Å². The lowest BCUT2D eigenvalue weighted by Gasteiger charge is -2.31. The maximum Gasteiger partial charge on any atom is 0.255 e. The van der Waals surface area contributed by atoms with E-state index in [9.17, 15) is 9.59 Å². The number of halogens is 3. The summed E-state index contributed by atoms with van der Waals surface area (Å²) >= 11 is 18.0. The fraction of sp³-hybridized carbons (Fsp3) is 0.250. The van der Waals surface area contributed by atoms with Crippen molar-refractivity contribution in [2.75, 3.05) is 13.1 Å². The van der Waals surface area contributed by atoms with Gasteiger partial charge in [-0.2, -0.15) is 5.10 Å². The molecule has 146 valence electrons. The minimum atomic E-state index is -0.201. The van der Waals surface area contributed by atoms with Crippen LogP contribution in [0.1, 0.15) is 28.8 Å². The first-order chi connectivity index (χ1) is 13.5. The van der Waals surface area contributed by atoms with Crippen molar-refractivity contribution < 1.29 is 9.59 Å². The first-order valence-electron chi connectivity index (χ1n) is 8.77. The van der Waals surface area contributed by atoms with Crippen LogP contribution in [0.5, 0.6) is 0 Å². The van der Waals surface area contributed by atoms with Crippen molar-refractivity contribution in [3.05, 3.63) is 68.7 Å². The third-order valence-electron chi connectivity index (χ3n) is 4.60. The Balaban J connectivity index is 1.52. The van der Waals surface area contributed by atoms with Crippen LogP contribution in [0.25, 0.3) is 0 Å². The van der Waals surface area contributed by atoms with Gasteiger partial charge >= 0.3 is 0 Å². The number of carbonyl (C=O) groups excluding carboxylic acids is 2. The second kappa shape index (κ2) is 9.41. The van der Waals surface area contributed by atoms with Gasteiger partial charge in [-0.3, -0.25) is 9.59 Å². The first kappa shape index (κ1) is 20.6. The molecule has 0 unspecified atom stereocenters. The Labute approximate surface area is 178 Å². The second-order valence-corrected chi connectivity index (χ2v) is 7.70. The van der Waals surface area contributed by atoms with Gasteiger partial charge in [-0.05, 0) is 37.1 Å². The van der Waals surface area contributed by atoms with Crippen LogP contribution in [-0.4, -0.2) is 36.0 Å². The zero-order chi connectivity index (χ0) is 20.1. The highest BCUT2D eigenvalue weighted by atomic mass is 35.5. The summed E-state index contributed by atoms with van der Waals surface area (Å²) in [5.41, 5.74) is 3.69. The van der Waals surface area contributed by atoms with Crippen molar-refractivity contribution in [3.63, 3.8) is 0 Å². The van der Waals surface area contributed by atoms with Crippen LogP contribution in [0.15, 0.2) is 47.6 Å². The largest absolute Gasteiger partial charge is 0.339 e. The molecule has 2 amide bonds. The van der Waals surface area contributed by atoms with E-state index < -0.39 is 0 Å². The molecule has 5 nitrogen and oxygen atoms in total. The monoisotopic (exact) mass is 437 g/mol. The smallest absolute Gasteiger partial charge is 0.255 e. The molecule has 1 saturated heterocycles. The average Bonchev–Trinajstić information content (AvgIpc) is 2.69. The van der Waals surface area contributed by atoms with E-state index in [0.29, 0.717) is 46.6 Å². The molecule has 8 heteroatoms. The Morgan fingerprint density at radius 2 is 1.75 bits per heavy atom. The topological polar surface area (TPSA) is 61.8 Å². The molecule has 1 aliphatic heterocycles. The molecule has 0 aliphatic carbocycles. The molecule has 1 aliphatic rings. The van der Waals surface area contributed by atoms with Crippen molar-refractivity contribution in [2.45, 2.75) is 12.8 Å². The van der Waals surface area contributed by atoms with Crippen LogP contribution in [0.2, 0.25) is 15.1 Å². The van der Waals surface area contributed by atoms with E-state index in [2.05, 4.69) is 10.5 Å². The number of hydrazone groups is 1. The number of hydrogen-bond acceptors (Lipinski definition) is 3. The molecule has 1 fully saturated rings. The molecular weight excluding hydrogens is 421 g/mol. The third kappa shape index (κ3) is 5.04. The van der Waals surface area contributed by atoms with Crippen molar-refractivity contribution in [1.82, 2.24) is 10.3 Å². The number of likely N-dealkylation sites (tertiary alicyclic amines) is 1. The van der Waals surface area contributed by atoms with Gasteiger partial charge in [0.2, 0.25) is 5.91 Å². The summed E-state index contributed by atoms with van der Waals surface area (Å²) in [5.74, 6) is -0.523. The van der Waals surface area contributed by atoms with E-state index in [-0.39, 0.29) is 17.7 Å². The van der Waals surface area contributed by atoms with Gasteiger partial charge in [0.05, 0.1) is 16.8 Å². The highest BCUT2D eigenvalue weighted by Crippen LogP contribution is 2.25. The lowest BCUT2D eigenvalue weighted by molar-refractivity contribution is -0.126. The summed E-state index contributed by atoms with van der Waals surface area (Å²) in [6, 6.07) is 12.0. The van der Waals surface area contributed by atoms with E-state index >= 15 is 0 Å². The predicted octanol–water partition coefficient (Wildman–Crippen LogP) is 4.65. The van der Waals surface area contributed by atoms with E-state index in [0.717, 1.165) is 5.56 Å². The van der Waals surface area contributed by atoms with Gasteiger partial charge in [0, 0.05) is 34.6 Å². The highest BCUT2D eigenvalue weighted by molar-refractivity contribution is 6.36. The van der Waals surface area contributed by atoms with Crippen molar-refractivity contribution in [1.29, 1.82) is 0 Å². The lowest BCUT2D eigenvalue weighted by Crippen LogP contribution is -2.42. The molecule has 1 heterocycles. The number of piperidine rings is 1. The minimum Gasteiger partial charge on any atom is -0.339 e. The summed E-state index contributed by atoms with van der Waals surface area (Å²) in [4.78, 5) is 26.6. The Morgan fingerprint density at radius 3 is 2.43 bits per heavy atom. The molecule has 2 aromatic carbocycles. The number of carbonyl (C=O) groups is 2. The Morgan fingerprint density at radius 1 is 1.04 bits per heavy atom. The fourth-order valence-corrected chi connectivity index (χ4v) is 3.69. The fourth-order valence-electron chi connectivity index (χ4n) is 3.01. The van der Waals surface area contributed by atoms with Crippen LogP contribution in [0.4, 0.5) is 0 Å². The molecule has 0 saturated carbocycles. The number of hydrogen-bond donors (Lipinski definition) is 1. The van der Waals surface area contributed by atoms with Gasteiger partial charge in [0.15, 0.2) is 0 Å². The molecule has 0 spiro atoms. The van der Waals surface area contributed by atoms with Crippen LogP contribution in [-0.2, 0) is 4.79 Å². The van der Waals surface area contributed by atoms with E-state index in [4.69, 9.17) is 34.8 Å².